The second-order valence-corrected chi connectivity index (χ2v) is 9.38. The van der Waals surface area contributed by atoms with Gasteiger partial charge in [0.15, 0.2) is 0 Å². The van der Waals surface area contributed by atoms with Gasteiger partial charge in [0.25, 0.3) is 0 Å². The van der Waals surface area contributed by atoms with Gasteiger partial charge in [-0.3, -0.25) is 4.99 Å². The average molecular weight is 390 g/mol. The molecule has 0 amide bonds. The maximum Gasteiger partial charge on any atom is 0.221 e. The quantitative estimate of drug-likeness (QED) is 0.433. The molecule has 2 rings (SSSR count). The molecule has 0 unspecified atom stereocenters. The molecule has 0 aliphatic heterocycles. The number of rotatable bonds is 7. The van der Waals surface area contributed by atoms with Crippen LogP contribution in [0.2, 0.25) is 5.02 Å². The van der Waals surface area contributed by atoms with Crippen molar-refractivity contribution in [2.75, 3.05) is 12.8 Å². The van der Waals surface area contributed by atoms with Gasteiger partial charge >= 0.3 is 0 Å². The SMILES string of the molecule is Cc1ccc(Cl)cc1N=CCNSN(C1CCCCC1)S(C)(=O)=O. The highest BCUT2D eigenvalue weighted by atomic mass is 35.5. The van der Waals surface area contributed by atoms with Crippen LogP contribution in [-0.2, 0) is 10.0 Å². The van der Waals surface area contributed by atoms with Gasteiger partial charge in [-0.2, -0.15) is 0 Å². The van der Waals surface area contributed by atoms with Gasteiger partial charge in [-0.15, -0.1) is 3.71 Å². The number of benzene rings is 1. The summed E-state index contributed by atoms with van der Waals surface area (Å²) >= 11 is 7.12. The number of halogens is 1. The summed E-state index contributed by atoms with van der Waals surface area (Å²) in [6, 6.07) is 5.65. The van der Waals surface area contributed by atoms with Crippen LogP contribution in [0.4, 0.5) is 5.69 Å². The molecule has 1 aliphatic carbocycles. The summed E-state index contributed by atoms with van der Waals surface area (Å²) in [7, 11) is -3.24. The van der Waals surface area contributed by atoms with Crippen molar-refractivity contribution >= 4 is 45.7 Å². The minimum atomic E-state index is -3.24. The Bertz CT molecular complexity index is 674. The summed E-state index contributed by atoms with van der Waals surface area (Å²) in [5.74, 6) is 0. The van der Waals surface area contributed by atoms with Gasteiger partial charge in [0.1, 0.15) is 0 Å². The highest BCUT2D eigenvalue weighted by molar-refractivity contribution is 8.07. The van der Waals surface area contributed by atoms with Gasteiger partial charge in [0.05, 0.1) is 11.9 Å². The fourth-order valence-corrected chi connectivity index (χ4v) is 4.96. The van der Waals surface area contributed by atoms with Crippen molar-refractivity contribution in [1.82, 2.24) is 8.43 Å². The van der Waals surface area contributed by atoms with E-state index in [0.29, 0.717) is 11.6 Å². The van der Waals surface area contributed by atoms with E-state index in [1.165, 1.54) is 16.4 Å². The standard InChI is InChI=1S/C16H24ClN3O2S2/c1-13-8-9-14(17)12-16(13)18-10-11-19-23-20(24(2,21)22)15-6-4-3-5-7-15/h8-10,12,15,19H,3-7,11H2,1-2H3. The first-order valence-electron chi connectivity index (χ1n) is 8.06. The van der Waals surface area contributed by atoms with Gasteiger partial charge in [-0.1, -0.05) is 36.9 Å². The van der Waals surface area contributed by atoms with Crippen LogP contribution >= 0.6 is 23.7 Å². The number of aliphatic imine (C=N–C) groups is 1. The number of nitrogens with one attached hydrogen (secondary N) is 1. The molecule has 0 aromatic heterocycles. The molecule has 24 heavy (non-hydrogen) atoms. The van der Waals surface area contributed by atoms with Crippen LogP contribution in [0, 0.1) is 6.92 Å². The summed E-state index contributed by atoms with van der Waals surface area (Å²) < 4.78 is 28.6. The smallest absolute Gasteiger partial charge is 0.221 e. The molecule has 0 saturated heterocycles. The van der Waals surface area contributed by atoms with E-state index >= 15 is 0 Å². The van der Waals surface area contributed by atoms with Gasteiger partial charge in [0, 0.05) is 36.0 Å². The Morgan fingerprint density at radius 3 is 2.75 bits per heavy atom. The molecule has 1 aromatic rings. The lowest BCUT2D eigenvalue weighted by atomic mass is 9.96. The lowest BCUT2D eigenvalue weighted by molar-refractivity contribution is 0.346. The maximum absolute atomic E-state index is 12.0. The summed E-state index contributed by atoms with van der Waals surface area (Å²) in [6.45, 7) is 2.44. The van der Waals surface area contributed by atoms with Crippen LogP contribution in [0.5, 0.6) is 0 Å². The van der Waals surface area contributed by atoms with Gasteiger partial charge in [0.2, 0.25) is 10.0 Å². The number of nitrogens with zero attached hydrogens (tertiary/aromatic N) is 2. The molecule has 5 nitrogen and oxygen atoms in total. The number of aryl methyl sites for hydroxylation is 1. The normalized spacial score (nSPS) is 17.0. The molecule has 0 heterocycles. The van der Waals surface area contributed by atoms with E-state index in [2.05, 4.69) is 9.71 Å². The third-order valence-electron chi connectivity index (χ3n) is 3.93. The van der Waals surface area contributed by atoms with Crippen molar-refractivity contribution in [3.8, 4) is 0 Å². The Morgan fingerprint density at radius 2 is 2.08 bits per heavy atom. The molecule has 0 atom stereocenters. The number of hydrogen-bond acceptors (Lipinski definition) is 5. The molecule has 1 fully saturated rings. The highest BCUT2D eigenvalue weighted by Crippen LogP contribution is 2.28. The van der Waals surface area contributed by atoms with Crippen LogP contribution in [0.3, 0.4) is 0 Å². The highest BCUT2D eigenvalue weighted by Gasteiger charge is 2.28. The first kappa shape index (κ1) is 19.7. The zero-order valence-corrected chi connectivity index (χ0v) is 16.4. The third kappa shape index (κ3) is 6.04. The van der Waals surface area contributed by atoms with Crippen LogP contribution in [0.25, 0.3) is 0 Å². The van der Waals surface area contributed by atoms with E-state index in [4.69, 9.17) is 11.6 Å². The fraction of sp³-hybridized carbons (Fsp3) is 0.562. The van der Waals surface area contributed by atoms with Gasteiger partial charge < -0.3 is 0 Å². The van der Waals surface area contributed by atoms with Crippen molar-refractivity contribution in [2.24, 2.45) is 4.99 Å². The summed E-state index contributed by atoms with van der Waals surface area (Å²) in [6.07, 6.45) is 8.22. The maximum atomic E-state index is 12.0. The summed E-state index contributed by atoms with van der Waals surface area (Å²) in [4.78, 5) is 4.38. The van der Waals surface area contributed by atoms with Gasteiger partial charge in [-0.05, 0) is 37.5 Å². The molecular formula is C16H24ClN3O2S2. The first-order valence-corrected chi connectivity index (χ1v) is 11.1. The predicted octanol–water partition coefficient (Wildman–Crippen LogP) is 4.10. The molecule has 0 spiro atoms. The topological polar surface area (TPSA) is 61.8 Å². The van der Waals surface area contributed by atoms with Crippen LogP contribution in [-0.4, -0.2) is 37.2 Å². The molecule has 0 radical (unpaired) electrons. The average Bonchev–Trinajstić information content (AvgIpc) is 2.53. The Labute approximate surface area is 154 Å². The third-order valence-corrected chi connectivity index (χ3v) is 6.93. The lowest BCUT2D eigenvalue weighted by Gasteiger charge is -2.30. The van der Waals surface area contributed by atoms with Crippen molar-refractivity contribution in [3.63, 3.8) is 0 Å². The molecule has 1 aliphatic rings. The minimum Gasteiger partial charge on any atom is -0.260 e. The number of sulfonamides is 1. The Balaban J connectivity index is 1.88. The van der Waals surface area contributed by atoms with Crippen LogP contribution < -0.4 is 4.72 Å². The van der Waals surface area contributed by atoms with Gasteiger partial charge in [-0.25, -0.2) is 13.1 Å². The molecule has 1 saturated carbocycles. The zero-order chi connectivity index (χ0) is 17.6. The van der Waals surface area contributed by atoms with Crippen molar-refractivity contribution in [1.29, 1.82) is 0 Å². The summed E-state index contributed by atoms with van der Waals surface area (Å²) in [5.41, 5.74) is 1.87. The van der Waals surface area contributed by atoms with Crippen molar-refractivity contribution in [2.45, 2.75) is 45.1 Å². The van der Waals surface area contributed by atoms with E-state index in [0.717, 1.165) is 49.1 Å². The van der Waals surface area contributed by atoms with Crippen LogP contribution in [0.1, 0.15) is 37.7 Å². The first-order chi connectivity index (χ1) is 11.4. The molecule has 8 heteroatoms. The molecular weight excluding hydrogens is 366 g/mol. The Morgan fingerprint density at radius 1 is 1.38 bits per heavy atom. The summed E-state index contributed by atoms with van der Waals surface area (Å²) in [5, 5.41) is 0.649. The largest absolute Gasteiger partial charge is 0.260 e. The zero-order valence-electron chi connectivity index (χ0n) is 14.0. The van der Waals surface area contributed by atoms with E-state index in [9.17, 15) is 8.42 Å². The second kappa shape index (κ2) is 9.20. The van der Waals surface area contributed by atoms with Crippen molar-refractivity contribution in [3.05, 3.63) is 28.8 Å². The minimum absolute atomic E-state index is 0.0818. The number of hydrogen-bond donors (Lipinski definition) is 1. The van der Waals surface area contributed by atoms with E-state index < -0.39 is 10.0 Å². The molecule has 1 aromatic carbocycles. The van der Waals surface area contributed by atoms with Crippen LogP contribution in [0.15, 0.2) is 23.2 Å². The molecule has 134 valence electrons. The predicted molar refractivity (Wildman–Crippen MR) is 103 cm³/mol. The Hall–Kier alpha value is -0.600. The molecule has 1 N–H and O–H groups in total. The molecule has 0 bridgehead atoms. The van der Waals surface area contributed by atoms with E-state index in [-0.39, 0.29) is 6.04 Å². The second-order valence-electron chi connectivity index (χ2n) is 5.99. The fourth-order valence-electron chi connectivity index (χ4n) is 2.71. The van der Waals surface area contributed by atoms with E-state index in [1.54, 1.807) is 6.21 Å². The van der Waals surface area contributed by atoms with Crippen molar-refractivity contribution < 1.29 is 8.42 Å². The monoisotopic (exact) mass is 389 g/mol. The Kier molecular flexibility index (Phi) is 7.56. The van der Waals surface area contributed by atoms with E-state index in [1.807, 2.05) is 25.1 Å². The lowest BCUT2D eigenvalue weighted by Crippen LogP contribution is -2.38.